The standard InChI is InChI=1S/C22H18ClN3O4/c1-13-12-16(23)7-10-18(13)29-14(2)20(27)24-17-8-5-15(6-9-17)21-25-26-22(30-21)19-4-3-11-28-19/h3-12,14H,1-2H3,(H,24,27). The molecule has 0 saturated heterocycles. The molecule has 1 unspecified atom stereocenters. The fourth-order valence-electron chi connectivity index (χ4n) is 2.77. The Hall–Kier alpha value is -3.58. The Morgan fingerprint density at radius 2 is 1.87 bits per heavy atom. The lowest BCUT2D eigenvalue weighted by Gasteiger charge is -2.16. The minimum atomic E-state index is -0.684. The molecule has 1 amide bonds. The summed E-state index contributed by atoms with van der Waals surface area (Å²) in [6.07, 6.45) is 0.853. The van der Waals surface area contributed by atoms with Crippen molar-refractivity contribution in [1.82, 2.24) is 10.2 Å². The third-order valence-electron chi connectivity index (χ3n) is 4.37. The Balaban J connectivity index is 1.40. The van der Waals surface area contributed by atoms with Gasteiger partial charge in [-0.25, -0.2) is 0 Å². The van der Waals surface area contributed by atoms with E-state index >= 15 is 0 Å². The zero-order chi connectivity index (χ0) is 21.1. The number of benzene rings is 2. The summed E-state index contributed by atoms with van der Waals surface area (Å²) in [4.78, 5) is 12.5. The molecule has 8 heteroatoms. The monoisotopic (exact) mass is 423 g/mol. The number of rotatable bonds is 6. The molecule has 0 aliphatic rings. The summed E-state index contributed by atoms with van der Waals surface area (Å²) >= 11 is 5.95. The lowest BCUT2D eigenvalue weighted by Crippen LogP contribution is -2.30. The molecule has 0 radical (unpaired) electrons. The van der Waals surface area contributed by atoms with Crippen LogP contribution in [0.4, 0.5) is 5.69 Å². The van der Waals surface area contributed by atoms with Crippen molar-refractivity contribution in [3.8, 4) is 28.9 Å². The van der Waals surface area contributed by atoms with Gasteiger partial charge in [0.15, 0.2) is 11.9 Å². The maximum absolute atomic E-state index is 12.5. The highest BCUT2D eigenvalue weighted by atomic mass is 35.5. The van der Waals surface area contributed by atoms with Gasteiger partial charge in [-0.1, -0.05) is 11.6 Å². The predicted octanol–water partition coefficient (Wildman–Crippen LogP) is 5.36. The molecular weight excluding hydrogens is 406 g/mol. The van der Waals surface area contributed by atoms with Gasteiger partial charge in [-0.2, -0.15) is 0 Å². The summed E-state index contributed by atoms with van der Waals surface area (Å²) in [5, 5.41) is 11.5. The van der Waals surface area contributed by atoms with Crippen LogP contribution in [0.3, 0.4) is 0 Å². The van der Waals surface area contributed by atoms with Crippen molar-refractivity contribution in [2.24, 2.45) is 0 Å². The summed E-state index contributed by atoms with van der Waals surface area (Å²) in [6, 6.07) is 15.8. The van der Waals surface area contributed by atoms with E-state index in [9.17, 15) is 4.79 Å². The van der Waals surface area contributed by atoms with Gasteiger partial charge in [0, 0.05) is 16.3 Å². The minimum Gasteiger partial charge on any atom is -0.481 e. The van der Waals surface area contributed by atoms with Gasteiger partial charge in [0.2, 0.25) is 5.89 Å². The van der Waals surface area contributed by atoms with Crippen molar-refractivity contribution < 1.29 is 18.4 Å². The fourth-order valence-corrected chi connectivity index (χ4v) is 3.00. The van der Waals surface area contributed by atoms with Gasteiger partial charge in [-0.3, -0.25) is 4.79 Å². The molecule has 0 aliphatic heterocycles. The van der Waals surface area contributed by atoms with Crippen LogP contribution in [0.1, 0.15) is 12.5 Å². The van der Waals surface area contributed by atoms with Crippen LogP contribution in [0.25, 0.3) is 23.1 Å². The van der Waals surface area contributed by atoms with Crippen molar-refractivity contribution in [3.63, 3.8) is 0 Å². The Morgan fingerprint density at radius 3 is 2.57 bits per heavy atom. The predicted molar refractivity (Wildman–Crippen MR) is 112 cm³/mol. The zero-order valence-electron chi connectivity index (χ0n) is 16.3. The van der Waals surface area contributed by atoms with E-state index in [0.29, 0.717) is 34.0 Å². The quantitative estimate of drug-likeness (QED) is 0.448. The Kier molecular flexibility index (Phi) is 5.54. The van der Waals surface area contributed by atoms with Crippen LogP contribution in [0.5, 0.6) is 5.75 Å². The second-order valence-corrected chi connectivity index (χ2v) is 7.06. The number of ether oxygens (including phenoxy) is 1. The van der Waals surface area contributed by atoms with Crippen molar-refractivity contribution in [2.75, 3.05) is 5.32 Å². The minimum absolute atomic E-state index is 0.269. The molecule has 0 saturated carbocycles. The molecule has 0 fully saturated rings. The largest absolute Gasteiger partial charge is 0.481 e. The maximum Gasteiger partial charge on any atom is 0.283 e. The first kappa shape index (κ1) is 19.7. The third kappa shape index (κ3) is 4.36. The fraction of sp³-hybridized carbons (Fsp3) is 0.136. The van der Waals surface area contributed by atoms with Crippen LogP contribution < -0.4 is 10.1 Å². The van der Waals surface area contributed by atoms with E-state index in [1.807, 2.05) is 6.92 Å². The number of nitrogens with zero attached hydrogens (tertiary/aromatic N) is 2. The van der Waals surface area contributed by atoms with Gasteiger partial charge < -0.3 is 18.9 Å². The summed E-state index contributed by atoms with van der Waals surface area (Å²) < 4.78 is 16.6. The molecule has 0 bridgehead atoms. The average molecular weight is 424 g/mol. The zero-order valence-corrected chi connectivity index (χ0v) is 17.0. The number of anilines is 1. The van der Waals surface area contributed by atoms with Crippen LogP contribution >= 0.6 is 11.6 Å². The number of aromatic nitrogens is 2. The highest BCUT2D eigenvalue weighted by Crippen LogP contribution is 2.26. The molecule has 2 aromatic heterocycles. The molecule has 0 aliphatic carbocycles. The molecule has 152 valence electrons. The van der Waals surface area contributed by atoms with Crippen molar-refractivity contribution in [3.05, 3.63) is 71.4 Å². The lowest BCUT2D eigenvalue weighted by molar-refractivity contribution is -0.122. The number of hydrogen-bond acceptors (Lipinski definition) is 6. The molecule has 2 aromatic carbocycles. The molecular formula is C22H18ClN3O4. The molecule has 4 aromatic rings. The highest BCUT2D eigenvalue weighted by molar-refractivity contribution is 6.30. The number of carbonyl (C=O) groups excluding carboxylic acids is 1. The SMILES string of the molecule is Cc1cc(Cl)ccc1OC(C)C(=O)Nc1ccc(-c2nnc(-c3ccco3)o2)cc1. The number of nitrogens with one attached hydrogen (secondary N) is 1. The van der Waals surface area contributed by atoms with Crippen LogP contribution in [0.2, 0.25) is 5.02 Å². The Labute approximate surface area is 177 Å². The number of carbonyl (C=O) groups is 1. The number of amides is 1. The van der Waals surface area contributed by atoms with E-state index in [2.05, 4.69) is 15.5 Å². The molecule has 2 heterocycles. The van der Waals surface area contributed by atoms with Gasteiger partial charge in [-0.15, -0.1) is 10.2 Å². The molecule has 1 atom stereocenters. The first-order valence-electron chi connectivity index (χ1n) is 9.21. The summed E-state index contributed by atoms with van der Waals surface area (Å²) in [5.74, 6) is 1.50. The topological polar surface area (TPSA) is 90.4 Å². The van der Waals surface area contributed by atoms with Gasteiger partial charge in [0.1, 0.15) is 5.75 Å². The Bertz CT molecular complexity index is 1150. The van der Waals surface area contributed by atoms with Crippen molar-refractivity contribution in [2.45, 2.75) is 20.0 Å². The first-order chi connectivity index (χ1) is 14.5. The number of aryl methyl sites for hydroxylation is 1. The van der Waals surface area contributed by atoms with Gasteiger partial charge >= 0.3 is 0 Å². The molecule has 1 N–H and O–H groups in total. The van der Waals surface area contributed by atoms with Gasteiger partial charge in [-0.05, 0) is 74.0 Å². The van der Waals surface area contributed by atoms with E-state index in [0.717, 1.165) is 11.1 Å². The average Bonchev–Trinajstić information content (AvgIpc) is 3.42. The summed E-state index contributed by atoms with van der Waals surface area (Å²) in [7, 11) is 0. The Morgan fingerprint density at radius 1 is 1.10 bits per heavy atom. The second-order valence-electron chi connectivity index (χ2n) is 6.63. The maximum atomic E-state index is 12.5. The first-order valence-corrected chi connectivity index (χ1v) is 9.59. The normalized spacial score (nSPS) is 11.8. The van der Waals surface area contributed by atoms with E-state index in [1.54, 1.807) is 61.5 Å². The van der Waals surface area contributed by atoms with E-state index in [1.165, 1.54) is 6.26 Å². The van der Waals surface area contributed by atoms with Crippen LogP contribution in [-0.2, 0) is 4.79 Å². The van der Waals surface area contributed by atoms with Crippen LogP contribution in [-0.4, -0.2) is 22.2 Å². The summed E-state index contributed by atoms with van der Waals surface area (Å²) in [6.45, 7) is 3.56. The molecule has 30 heavy (non-hydrogen) atoms. The number of furan rings is 1. The summed E-state index contributed by atoms with van der Waals surface area (Å²) in [5.41, 5.74) is 2.21. The van der Waals surface area contributed by atoms with Gasteiger partial charge in [0.05, 0.1) is 6.26 Å². The van der Waals surface area contributed by atoms with Gasteiger partial charge in [0.25, 0.3) is 11.8 Å². The van der Waals surface area contributed by atoms with Crippen LogP contribution in [0.15, 0.2) is 69.7 Å². The van der Waals surface area contributed by atoms with E-state index in [4.69, 9.17) is 25.2 Å². The van der Waals surface area contributed by atoms with E-state index in [-0.39, 0.29) is 5.91 Å². The second kappa shape index (κ2) is 8.42. The van der Waals surface area contributed by atoms with Crippen molar-refractivity contribution in [1.29, 1.82) is 0 Å². The van der Waals surface area contributed by atoms with Crippen LogP contribution in [0, 0.1) is 6.92 Å². The van der Waals surface area contributed by atoms with Crippen molar-refractivity contribution >= 4 is 23.2 Å². The molecule has 0 spiro atoms. The van der Waals surface area contributed by atoms with E-state index < -0.39 is 6.10 Å². The molecule has 4 rings (SSSR count). The highest BCUT2D eigenvalue weighted by Gasteiger charge is 2.17. The lowest BCUT2D eigenvalue weighted by atomic mass is 10.2. The number of hydrogen-bond donors (Lipinski definition) is 1. The third-order valence-corrected chi connectivity index (χ3v) is 4.60. The smallest absolute Gasteiger partial charge is 0.283 e. The molecule has 7 nitrogen and oxygen atoms in total. The number of halogens is 1.